The first kappa shape index (κ1) is 13.9. The van der Waals surface area contributed by atoms with Gasteiger partial charge in [-0.25, -0.2) is 0 Å². The lowest BCUT2D eigenvalue weighted by molar-refractivity contribution is 1.11. The van der Waals surface area contributed by atoms with E-state index in [9.17, 15) is 0 Å². The van der Waals surface area contributed by atoms with Crippen LogP contribution < -0.4 is 10.2 Å². The fourth-order valence-corrected chi connectivity index (χ4v) is 3.79. The van der Waals surface area contributed by atoms with E-state index in [-0.39, 0.29) is 0 Å². The quantitative estimate of drug-likeness (QED) is 0.795. The van der Waals surface area contributed by atoms with Crippen molar-refractivity contribution in [2.24, 2.45) is 0 Å². The van der Waals surface area contributed by atoms with Crippen molar-refractivity contribution in [3.05, 3.63) is 43.5 Å². The van der Waals surface area contributed by atoms with Gasteiger partial charge in [-0.1, -0.05) is 12.1 Å². The van der Waals surface area contributed by atoms with Gasteiger partial charge in [-0.2, -0.15) is 0 Å². The second kappa shape index (κ2) is 6.08. The maximum absolute atomic E-state index is 3.52. The number of hydrogen-bond donors (Lipinski definition) is 1. The SMILES string of the molecule is CN(C)c1ccccc1NCc1cc(Br)c(Br)s1. The minimum absolute atomic E-state index is 0.833. The van der Waals surface area contributed by atoms with Crippen molar-refractivity contribution in [2.45, 2.75) is 6.54 Å². The van der Waals surface area contributed by atoms with Crippen LogP contribution in [0.4, 0.5) is 11.4 Å². The molecule has 0 bridgehead atoms. The van der Waals surface area contributed by atoms with Gasteiger partial charge in [0.1, 0.15) is 0 Å². The molecule has 1 N–H and O–H groups in total. The number of anilines is 2. The van der Waals surface area contributed by atoms with Crippen molar-refractivity contribution in [2.75, 3.05) is 24.3 Å². The third-order valence-corrected chi connectivity index (χ3v) is 5.79. The molecule has 0 spiro atoms. The van der Waals surface area contributed by atoms with Crippen molar-refractivity contribution in [3.8, 4) is 0 Å². The zero-order valence-corrected chi connectivity index (χ0v) is 14.2. The summed E-state index contributed by atoms with van der Waals surface area (Å²) in [6, 6.07) is 10.5. The molecule has 1 heterocycles. The van der Waals surface area contributed by atoms with Crippen LogP contribution in [0.25, 0.3) is 0 Å². The molecule has 1 aromatic heterocycles. The molecule has 96 valence electrons. The van der Waals surface area contributed by atoms with Crippen LogP contribution >= 0.6 is 43.2 Å². The molecule has 0 radical (unpaired) electrons. The Labute approximate surface area is 128 Å². The van der Waals surface area contributed by atoms with E-state index in [2.05, 4.69) is 86.5 Å². The molecule has 2 aromatic rings. The Kier molecular flexibility index (Phi) is 4.70. The first-order valence-corrected chi connectivity index (χ1v) is 7.92. The number of halogens is 2. The smallest absolute Gasteiger partial charge is 0.0843 e. The second-order valence-electron chi connectivity index (χ2n) is 4.10. The number of rotatable bonds is 4. The third kappa shape index (κ3) is 3.28. The molecule has 0 fully saturated rings. The van der Waals surface area contributed by atoms with E-state index in [1.807, 2.05) is 0 Å². The maximum Gasteiger partial charge on any atom is 0.0843 e. The predicted molar refractivity (Wildman–Crippen MR) is 87.8 cm³/mol. The fourth-order valence-electron chi connectivity index (χ4n) is 1.67. The zero-order chi connectivity index (χ0) is 13.1. The molecule has 0 aliphatic heterocycles. The van der Waals surface area contributed by atoms with Crippen LogP contribution in [0, 0.1) is 0 Å². The predicted octanol–water partition coefficient (Wildman–Crippen LogP) is 4.95. The lowest BCUT2D eigenvalue weighted by atomic mass is 10.2. The first-order chi connectivity index (χ1) is 8.58. The van der Waals surface area contributed by atoms with E-state index < -0.39 is 0 Å². The van der Waals surface area contributed by atoms with Crippen molar-refractivity contribution in [1.29, 1.82) is 0 Å². The molecule has 0 atom stereocenters. The van der Waals surface area contributed by atoms with Gasteiger partial charge in [-0.3, -0.25) is 0 Å². The van der Waals surface area contributed by atoms with Crippen LogP contribution in [-0.4, -0.2) is 14.1 Å². The summed E-state index contributed by atoms with van der Waals surface area (Å²) in [7, 11) is 4.11. The number of hydrogen-bond acceptors (Lipinski definition) is 3. The van der Waals surface area contributed by atoms with Crippen LogP contribution in [0.5, 0.6) is 0 Å². The summed E-state index contributed by atoms with van der Waals surface area (Å²) in [5, 5.41) is 3.48. The summed E-state index contributed by atoms with van der Waals surface area (Å²) in [6.45, 7) is 0.833. The molecule has 0 unspecified atom stereocenters. The largest absolute Gasteiger partial charge is 0.378 e. The third-order valence-electron chi connectivity index (χ3n) is 2.54. The Morgan fingerprint density at radius 3 is 2.56 bits per heavy atom. The lowest BCUT2D eigenvalue weighted by Crippen LogP contribution is -2.11. The molecule has 18 heavy (non-hydrogen) atoms. The molecule has 2 rings (SSSR count). The van der Waals surface area contributed by atoms with Gasteiger partial charge in [-0.15, -0.1) is 11.3 Å². The van der Waals surface area contributed by atoms with E-state index in [1.165, 1.54) is 10.6 Å². The fraction of sp³-hybridized carbons (Fsp3) is 0.231. The minimum atomic E-state index is 0.833. The van der Waals surface area contributed by atoms with Crippen molar-refractivity contribution in [1.82, 2.24) is 0 Å². The highest BCUT2D eigenvalue weighted by molar-refractivity contribution is 9.13. The molecule has 5 heteroatoms. The molecule has 1 aromatic carbocycles. The standard InChI is InChI=1S/C13H14Br2N2S/c1-17(2)12-6-4-3-5-11(12)16-8-9-7-10(14)13(15)18-9/h3-7,16H,8H2,1-2H3. The van der Waals surface area contributed by atoms with Gasteiger partial charge in [0.25, 0.3) is 0 Å². The van der Waals surface area contributed by atoms with Gasteiger partial charge in [0.05, 0.1) is 15.2 Å². The second-order valence-corrected chi connectivity index (χ2v) is 7.41. The molecule has 0 saturated carbocycles. The average Bonchev–Trinajstić information content (AvgIpc) is 2.66. The Hall–Kier alpha value is -0.520. The first-order valence-electron chi connectivity index (χ1n) is 5.52. The van der Waals surface area contributed by atoms with Crippen LogP contribution in [-0.2, 0) is 6.54 Å². The summed E-state index contributed by atoms with van der Waals surface area (Å²) < 4.78 is 2.25. The minimum Gasteiger partial charge on any atom is -0.378 e. The lowest BCUT2D eigenvalue weighted by Gasteiger charge is -2.18. The topological polar surface area (TPSA) is 15.3 Å². The highest BCUT2D eigenvalue weighted by atomic mass is 79.9. The van der Waals surface area contributed by atoms with Crippen molar-refractivity contribution in [3.63, 3.8) is 0 Å². The number of nitrogens with zero attached hydrogens (tertiary/aromatic N) is 1. The maximum atomic E-state index is 3.52. The van der Waals surface area contributed by atoms with E-state index in [1.54, 1.807) is 11.3 Å². The van der Waals surface area contributed by atoms with Crippen LogP contribution in [0.15, 0.2) is 38.6 Å². The number of benzene rings is 1. The number of nitrogens with one attached hydrogen (secondary N) is 1. The Morgan fingerprint density at radius 2 is 1.94 bits per heavy atom. The Bertz CT molecular complexity index is 518. The summed E-state index contributed by atoms with van der Waals surface area (Å²) in [4.78, 5) is 3.41. The van der Waals surface area contributed by atoms with Crippen LogP contribution in [0.3, 0.4) is 0 Å². The van der Waals surface area contributed by atoms with E-state index in [4.69, 9.17) is 0 Å². The monoisotopic (exact) mass is 388 g/mol. The number of para-hydroxylation sites is 2. The summed E-state index contributed by atoms with van der Waals surface area (Å²) >= 11 is 8.76. The Balaban J connectivity index is 2.10. The normalized spacial score (nSPS) is 10.4. The summed E-state index contributed by atoms with van der Waals surface area (Å²) in [5.41, 5.74) is 2.36. The molecular weight excluding hydrogens is 376 g/mol. The van der Waals surface area contributed by atoms with Gasteiger partial charge in [0.15, 0.2) is 0 Å². The molecule has 0 aliphatic carbocycles. The average molecular weight is 390 g/mol. The molecule has 2 nitrogen and oxygen atoms in total. The molecule has 0 amide bonds. The van der Waals surface area contributed by atoms with Crippen LogP contribution in [0.2, 0.25) is 0 Å². The summed E-state index contributed by atoms with van der Waals surface area (Å²) in [6.07, 6.45) is 0. The molecule has 0 aliphatic rings. The van der Waals surface area contributed by atoms with Crippen molar-refractivity contribution >= 4 is 54.6 Å². The van der Waals surface area contributed by atoms with Crippen LogP contribution in [0.1, 0.15) is 4.88 Å². The number of thiophene rings is 1. The van der Waals surface area contributed by atoms with Gasteiger partial charge in [-0.05, 0) is 50.1 Å². The van der Waals surface area contributed by atoms with Gasteiger partial charge >= 0.3 is 0 Å². The highest BCUT2D eigenvalue weighted by Gasteiger charge is 2.06. The highest BCUT2D eigenvalue weighted by Crippen LogP contribution is 2.33. The van der Waals surface area contributed by atoms with E-state index >= 15 is 0 Å². The van der Waals surface area contributed by atoms with Gasteiger partial charge < -0.3 is 10.2 Å². The molecule has 0 saturated heterocycles. The molecular formula is C13H14Br2N2S. The van der Waals surface area contributed by atoms with E-state index in [0.29, 0.717) is 0 Å². The van der Waals surface area contributed by atoms with E-state index in [0.717, 1.165) is 20.5 Å². The van der Waals surface area contributed by atoms with Crippen molar-refractivity contribution < 1.29 is 0 Å². The summed E-state index contributed by atoms with van der Waals surface area (Å²) in [5.74, 6) is 0. The zero-order valence-electron chi connectivity index (χ0n) is 10.2. The van der Waals surface area contributed by atoms with Gasteiger partial charge in [0.2, 0.25) is 0 Å². The Morgan fingerprint density at radius 1 is 1.22 bits per heavy atom. The van der Waals surface area contributed by atoms with Gasteiger partial charge in [0, 0.05) is 30.0 Å².